The Balaban J connectivity index is 1.35. The van der Waals surface area contributed by atoms with E-state index in [9.17, 15) is 24.0 Å². The van der Waals surface area contributed by atoms with Gasteiger partial charge < -0.3 is 39.5 Å². The van der Waals surface area contributed by atoms with Crippen molar-refractivity contribution in [3.05, 3.63) is 52.5 Å². The number of carbonyl (C=O) groups excluding carboxylic acids is 5. The zero-order valence-electron chi connectivity index (χ0n) is 41.8. The highest BCUT2D eigenvalue weighted by atomic mass is 32.1. The van der Waals surface area contributed by atoms with Gasteiger partial charge in [0, 0.05) is 78.7 Å². The van der Waals surface area contributed by atoms with E-state index in [0.717, 1.165) is 30.0 Å². The second kappa shape index (κ2) is 25.8. The monoisotopic (exact) mass is 941 g/mol. The Morgan fingerprint density at radius 2 is 1.62 bits per heavy atom. The minimum absolute atomic E-state index is 0.0202. The lowest BCUT2D eigenvalue weighted by molar-refractivity contribution is -0.146. The van der Waals surface area contributed by atoms with Gasteiger partial charge in [0.1, 0.15) is 10.6 Å². The number of likely N-dealkylation sites (tertiary alicyclic amines) is 1. The van der Waals surface area contributed by atoms with Crippen molar-refractivity contribution in [1.82, 2.24) is 40.1 Å². The van der Waals surface area contributed by atoms with Crippen LogP contribution in [0, 0.1) is 17.8 Å². The molecule has 8 atom stereocenters. The largest absolute Gasteiger partial charge is 0.444 e. The number of benzene rings is 1. The predicted octanol–water partition coefficient (Wildman–Crippen LogP) is 5.09. The van der Waals surface area contributed by atoms with Crippen molar-refractivity contribution in [2.24, 2.45) is 17.8 Å². The first-order valence-corrected chi connectivity index (χ1v) is 24.7. The van der Waals surface area contributed by atoms with Gasteiger partial charge in [-0.3, -0.25) is 29.0 Å². The molecule has 0 radical (unpaired) electrons. The molecule has 2 aliphatic rings. The summed E-state index contributed by atoms with van der Waals surface area (Å²) in [6.45, 7) is 19.8. The zero-order valence-corrected chi connectivity index (χ0v) is 42.6. The molecule has 5 amide bonds. The highest BCUT2D eigenvalue weighted by Crippen LogP contribution is 2.30. The number of hydrogen-bond donors (Lipinski definition) is 2. The molecule has 3 heterocycles. The molecule has 66 heavy (non-hydrogen) atoms. The first-order chi connectivity index (χ1) is 31.3. The zero-order chi connectivity index (χ0) is 48.7. The van der Waals surface area contributed by atoms with Gasteiger partial charge in [-0.05, 0) is 64.5 Å². The van der Waals surface area contributed by atoms with E-state index in [2.05, 4.69) is 20.5 Å². The van der Waals surface area contributed by atoms with Crippen LogP contribution in [-0.2, 0) is 39.8 Å². The number of amides is 5. The Kier molecular flexibility index (Phi) is 21.3. The fourth-order valence-corrected chi connectivity index (χ4v) is 10.1. The van der Waals surface area contributed by atoms with Gasteiger partial charge in [0.15, 0.2) is 0 Å². The highest BCUT2D eigenvalue weighted by molar-refractivity contribution is 7.09. The summed E-state index contributed by atoms with van der Waals surface area (Å²) >= 11 is 1.50. The molecule has 1 aromatic carbocycles. The molecule has 2 fully saturated rings. The first-order valence-electron chi connectivity index (χ1n) is 23.8. The van der Waals surface area contributed by atoms with Crippen molar-refractivity contribution in [3.63, 3.8) is 0 Å². The fraction of sp³-hybridized carbons (Fsp3) is 0.714. The summed E-state index contributed by atoms with van der Waals surface area (Å²) in [5.41, 5.74) is 0.543. The Morgan fingerprint density at radius 1 is 0.939 bits per heavy atom. The van der Waals surface area contributed by atoms with Gasteiger partial charge in [-0.2, -0.15) is 0 Å². The Labute approximate surface area is 398 Å². The van der Waals surface area contributed by atoms with Crippen molar-refractivity contribution in [3.8, 4) is 0 Å². The van der Waals surface area contributed by atoms with Crippen molar-refractivity contribution >= 4 is 41.1 Å². The van der Waals surface area contributed by atoms with Crippen LogP contribution in [0.2, 0.25) is 0 Å². The maximum Gasteiger partial charge on any atom is 0.410 e. The molecule has 4 rings (SSSR count). The van der Waals surface area contributed by atoms with Crippen molar-refractivity contribution < 1.29 is 38.2 Å². The van der Waals surface area contributed by atoms with Gasteiger partial charge in [-0.25, -0.2) is 9.78 Å². The van der Waals surface area contributed by atoms with E-state index in [1.165, 1.54) is 11.3 Å². The highest BCUT2D eigenvalue weighted by Gasteiger charge is 2.42. The fourth-order valence-electron chi connectivity index (χ4n) is 9.41. The standard InChI is InChI=1S/C49H80N8O8S/c1-13-34(4)43(54(10)41(59)32-51-46(61)42(33(2)3)53(9)23-24-55-25-27-56(28-26-55)48(62)65-49(6,7)8)39(63-11)31-40(58)57-22-17-20-38(57)44(64-12)35(5)45(60)52-37(47-50-21-29-66-47)30-36-18-15-14-16-19-36/h14-16,18-19,21,29,33-35,37-39,42-44H,13,17,20,22-28,30-32H2,1-12H3,(H,51,61)(H,52,60). The molecular weight excluding hydrogens is 861 g/mol. The number of thiazole rings is 1. The second-order valence-corrected chi connectivity index (χ2v) is 20.4. The number of rotatable bonds is 23. The number of nitrogens with one attached hydrogen (secondary N) is 2. The van der Waals surface area contributed by atoms with Crippen molar-refractivity contribution in [2.45, 2.75) is 129 Å². The molecule has 2 aliphatic heterocycles. The maximum atomic E-state index is 14.3. The lowest BCUT2D eigenvalue weighted by Crippen LogP contribution is -2.56. The van der Waals surface area contributed by atoms with Crippen LogP contribution in [0.3, 0.4) is 0 Å². The maximum absolute atomic E-state index is 14.3. The minimum atomic E-state index is -0.627. The van der Waals surface area contributed by atoms with Crippen LogP contribution in [0.4, 0.5) is 4.79 Å². The number of hydrogen-bond acceptors (Lipinski definition) is 12. The van der Waals surface area contributed by atoms with E-state index >= 15 is 0 Å². The van der Waals surface area contributed by atoms with Crippen LogP contribution in [0.1, 0.15) is 97.7 Å². The Hall–Kier alpha value is -4.16. The summed E-state index contributed by atoms with van der Waals surface area (Å²) in [5.74, 6) is -1.42. The predicted molar refractivity (Wildman–Crippen MR) is 258 cm³/mol. The van der Waals surface area contributed by atoms with E-state index in [1.54, 1.807) is 37.3 Å². The lowest BCUT2D eigenvalue weighted by Gasteiger charge is -2.39. The first kappa shape index (κ1) is 54.4. The number of likely N-dealkylation sites (N-methyl/N-ethyl adjacent to an activating group) is 2. The Bertz CT molecular complexity index is 1820. The number of nitrogens with zero attached hydrogens (tertiary/aromatic N) is 6. The van der Waals surface area contributed by atoms with E-state index < -0.39 is 35.8 Å². The van der Waals surface area contributed by atoms with E-state index in [0.29, 0.717) is 52.1 Å². The summed E-state index contributed by atoms with van der Waals surface area (Å²) in [5, 5.41) is 8.88. The number of methoxy groups -OCH3 is 2. The molecule has 0 saturated carbocycles. The molecule has 17 heteroatoms. The molecule has 0 bridgehead atoms. The molecule has 16 nitrogen and oxygen atoms in total. The SMILES string of the molecule is CCC(C)C(C(CC(=O)N1CCCC1C(OC)C(C)C(=O)NC(Cc1ccccc1)c1nccs1)OC)N(C)C(=O)CNC(=O)C(C(C)C)N(C)CCN1CCN(C(=O)OC(C)(C)C)CC1. The third-order valence-electron chi connectivity index (χ3n) is 13.2. The van der Waals surface area contributed by atoms with Gasteiger partial charge in [-0.15, -0.1) is 11.3 Å². The summed E-state index contributed by atoms with van der Waals surface area (Å²) in [6.07, 6.45) is 3.07. The van der Waals surface area contributed by atoms with Crippen LogP contribution in [0.25, 0.3) is 0 Å². The summed E-state index contributed by atoms with van der Waals surface area (Å²) < 4.78 is 17.6. The second-order valence-electron chi connectivity index (χ2n) is 19.5. The van der Waals surface area contributed by atoms with E-state index in [1.807, 2.05) is 108 Å². The number of ether oxygens (including phenoxy) is 3. The number of carbonyl (C=O) groups is 5. The van der Waals surface area contributed by atoms with Crippen LogP contribution < -0.4 is 10.6 Å². The van der Waals surface area contributed by atoms with Crippen molar-refractivity contribution in [1.29, 1.82) is 0 Å². The van der Waals surface area contributed by atoms with E-state index in [4.69, 9.17) is 14.2 Å². The van der Waals surface area contributed by atoms with Crippen LogP contribution in [0.5, 0.6) is 0 Å². The average Bonchev–Trinajstić information content (AvgIpc) is 4.01. The summed E-state index contributed by atoms with van der Waals surface area (Å²) in [4.78, 5) is 82.5. The molecule has 2 saturated heterocycles. The summed E-state index contributed by atoms with van der Waals surface area (Å²) in [7, 11) is 6.80. The summed E-state index contributed by atoms with van der Waals surface area (Å²) in [6, 6.07) is 8.43. The molecule has 370 valence electrons. The molecule has 2 aromatic rings. The van der Waals surface area contributed by atoms with Crippen LogP contribution in [0.15, 0.2) is 41.9 Å². The van der Waals surface area contributed by atoms with E-state index in [-0.39, 0.29) is 66.6 Å². The molecular formula is C49H80N8O8S. The van der Waals surface area contributed by atoms with Crippen molar-refractivity contribution in [2.75, 3.05) is 80.7 Å². The molecule has 8 unspecified atom stereocenters. The van der Waals surface area contributed by atoms with Gasteiger partial charge in [0.2, 0.25) is 23.6 Å². The van der Waals surface area contributed by atoms with Gasteiger partial charge in [0.05, 0.1) is 55.3 Å². The number of aromatic nitrogens is 1. The quantitative estimate of drug-likeness (QED) is 0.153. The molecule has 0 spiro atoms. The third kappa shape index (κ3) is 15.4. The molecule has 1 aromatic heterocycles. The Morgan fingerprint density at radius 3 is 2.20 bits per heavy atom. The molecule has 0 aliphatic carbocycles. The van der Waals surface area contributed by atoms with Gasteiger partial charge >= 0.3 is 6.09 Å². The average molecular weight is 941 g/mol. The van der Waals surface area contributed by atoms with Crippen LogP contribution >= 0.6 is 11.3 Å². The third-order valence-corrected chi connectivity index (χ3v) is 14.1. The van der Waals surface area contributed by atoms with Crippen LogP contribution in [-0.4, -0.2) is 176 Å². The lowest BCUT2D eigenvalue weighted by atomic mass is 9.90. The van der Waals surface area contributed by atoms with Gasteiger partial charge in [-0.1, -0.05) is 71.4 Å². The van der Waals surface area contributed by atoms with Gasteiger partial charge in [0.25, 0.3) is 0 Å². The molecule has 2 N–H and O–H groups in total. The smallest absolute Gasteiger partial charge is 0.410 e. The number of piperazine rings is 1. The normalized spacial score (nSPS) is 19.2. The topological polar surface area (TPSA) is 166 Å². The minimum Gasteiger partial charge on any atom is -0.444 e.